The average molecular weight is 186 g/mol. The van der Waals surface area contributed by atoms with E-state index in [4.69, 9.17) is 5.73 Å². The van der Waals surface area contributed by atoms with Crippen molar-refractivity contribution in [3.8, 4) is 0 Å². The van der Waals surface area contributed by atoms with Crippen LogP contribution in [0, 0.1) is 5.92 Å². The van der Waals surface area contributed by atoms with Crippen molar-refractivity contribution in [1.82, 2.24) is 4.98 Å². The summed E-state index contributed by atoms with van der Waals surface area (Å²) in [6.45, 7) is 0.821. The fourth-order valence-electron chi connectivity index (χ4n) is 2.31. The number of rotatable bonds is 2. The number of aromatic amines is 1. The van der Waals surface area contributed by atoms with Crippen LogP contribution in [0.2, 0.25) is 0 Å². The number of aromatic nitrogens is 1. The van der Waals surface area contributed by atoms with Crippen LogP contribution in [0.3, 0.4) is 0 Å². The van der Waals surface area contributed by atoms with Gasteiger partial charge in [-0.15, -0.1) is 0 Å². The van der Waals surface area contributed by atoms with E-state index in [-0.39, 0.29) is 0 Å². The molecule has 2 atom stereocenters. The molecule has 3 N–H and O–H groups in total. The lowest BCUT2D eigenvalue weighted by Crippen LogP contribution is -2.02. The number of nitrogens with one attached hydrogen (secondary N) is 1. The molecule has 0 bridgehead atoms. The normalized spacial score (nSPS) is 25.5. The van der Waals surface area contributed by atoms with Crippen molar-refractivity contribution >= 4 is 10.9 Å². The molecule has 1 saturated carbocycles. The second kappa shape index (κ2) is 2.85. The van der Waals surface area contributed by atoms with Crippen LogP contribution in [0.1, 0.15) is 17.9 Å². The van der Waals surface area contributed by atoms with E-state index in [1.165, 1.54) is 22.9 Å². The van der Waals surface area contributed by atoms with E-state index in [9.17, 15) is 0 Å². The second-order valence-corrected chi connectivity index (χ2v) is 4.13. The smallest absolute Gasteiger partial charge is 0.0489 e. The zero-order valence-electron chi connectivity index (χ0n) is 8.03. The van der Waals surface area contributed by atoms with Gasteiger partial charge in [0, 0.05) is 11.7 Å². The first-order valence-corrected chi connectivity index (χ1v) is 5.16. The first-order valence-electron chi connectivity index (χ1n) is 5.16. The summed E-state index contributed by atoms with van der Waals surface area (Å²) in [6, 6.07) is 8.63. The topological polar surface area (TPSA) is 41.8 Å². The molecule has 0 saturated heterocycles. The second-order valence-electron chi connectivity index (χ2n) is 4.13. The summed E-state index contributed by atoms with van der Waals surface area (Å²) in [6.07, 6.45) is 3.27. The maximum atomic E-state index is 5.67. The van der Waals surface area contributed by atoms with Crippen molar-refractivity contribution in [3.63, 3.8) is 0 Å². The summed E-state index contributed by atoms with van der Waals surface area (Å²) in [5, 5.41) is 1.31. The van der Waals surface area contributed by atoms with E-state index in [1.807, 2.05) is 6.20 Å². The fourth-order valence-corrected chi connectivity index (χ4v) is 2.31. The molecule has 1 aromatic heterocycles. The summed E-state index contributed by atoms with van der Waals surface area (Å²) in [5.41, 5.74) is 8.42. The van der Waals surface area contributed by atoms with Crippen LogP contribution in [0.5, 0.6) is 0 Å². The average Bonchev–Trinajstić information content (AvgIpc) is 2.85. The number of para-hydroxylation sites is 1. The lowest BCUT2D eigenvalue weighted by Gasteiger charge is -2.01. The van der Waals surface area contributed by atoms with Gasteiger partial charge in [-0.2, -0.15) is 0 Å². The lowest BCUT2D eigenvalue weighted by molar-refractivity contribution is 0.811. The van der Waals surface area contributed by atoms with Crippen LogP contribution < -0.4 is 5.73 Å². The molecular weight excluding hydrogens is 172 g/mol. The Bertz CT molecular complexity index is 458. The molecule has 2 nitrogen and oxygen atoms in total. The number of H-pyrrole nitrogens is 1. The van der Waals surface area contributed by atoms with Gasteiger partial charge in [-0.3, -0.25) is 0 Å². The van der Waals surface area contributed by atoms with E-state index in [0.717, 1.165) is 6.54 Å². The van der Waals surface area contributed by atoms with Gasteiger partial charge in [-0.1, -0.05) is 18.2 Å². The van der Waals surface area contributed by atoms with E-state index in [0.29, 0.717) is 11.8 Å². The van der Waals surface area contributed by atoms with Gasteiger partial charge in [0.1, 0.15) is 0 Å². The van der Waals surface area contributed by atoms with Crippen LogP contribution in [0.25, 0.3) is 10.9 Å². The third-order valence-electron chi connectivity index (χ3n) is 3.24. The standard InChI is InChI=1S/C12H14N2/c13-7-9-6-11(9)10-3-1-2-8-4-5-14-12(8)10/h1-5,9,11,14H,6-7,13H2. The molecular formula is C12H14N2. The van der Waals surface area contributed by atoms with Crippen molar-refractivity contribution in [2.45, 2.75) is 12.3 Å². The number of nitrogens with two attached hydrogens (primary N) is 1. The SMILES string of the molecule is NCC1CC1c1cccc2cc[nH]c12. The minimum atomic E-state index is 0.697. The molecule has 1 aliphatic carbocycles. The monoisotopic (exact) mass is 186 g/mol. The largest absolute Gasteiger partial charge is 0.361 e. The Morgan fingerprint density at radius 2 is 2.29 bits per heavy atom. The highest BCUT2D eigenvalue weighted by Gasteiger charge is 2.37. The molecule has 0 aliphatic heterocycles. The first kappa shape index (κ1) is 8.06. The summed E-state index contributed by atoms with van der Waals surface area (Å²) < 4.78 is 0. The van der Waals surface area contributed by atoms with E-state index < -0.39 is 0 Å². The van der Waals surface area contributed by atoms with Gasteiger partial charge >= 0.3 is 0 Å². The summed E-state index contributed by atoms with van der Waals surface area (Å²) in [5.74, 6) is 1.41. The molecule has 1 heterocycles. The van der Waals surface area contributed by atoms with E-state index >= 15 is 0 Å². The van der Waals surface area contributed by atoms with Crippen molar-refractivity contribution in [2.24, 2.45) is 11.7 Å². The Hall–Kier alpha value is -1.28. The van der Waals surface area contributed by atoms with Crippen molar-refractivity contribution in [2.75, 3.05) is 6.54 Å². The number of hydrogen-bond acceptors (Lipinski definition) is 1. The quantitative estimate of drug-likeness (QED) is 0.742. The third kappa shape index (κ3) is 1.07. The molecule has 0 amide bonds. The molecule has 0 radical (unpaired) electrons. The van der Waals surface area contributed by atoms with Crippen LogP contribution >= 0.6 is 0 Å². The Labute approximate surface area is 83.1 Å². The van der Waals surface area contributed by atoms with Gasteiger partial charge in [0.15, 0.2) is 0 Å². The van der Waals surface area contributed by atoms with Gasteiger partial charge in [-0.05, 0) is 41.8 Å². The molecule has 0 spiro atoms. The molecule has 72 valence electrons. The number of fused-ring (bicyclic) bond motifs is 1. The highest BCUT2D eigenvalue weighted by molar-refractivity contribution is 5.83. The van der Waals surface area contributed by atoms with Crippen LogP contribution in [0.15, 0.2) is 30.5 Å². The predicted molar refractivity (Wildman–Crippen MR) is 58.2 cm³/mol. The molecule has 1 fully saturated rings. The van der Waals surface area contributed by atoms with Gasteiger partial charge in [0.05, 0.1) is 0 Å². The van der Waals surface area contributed by atoms with Gasteiger partial charge in [0.25, 0.3) is 0 Å². The van der Waals surface area contributed by atoms with Crippen LogP contribution in [-0.4, -0.2) is 11.5 Å². The minimum absolute atomic E-state index is 0.697. The Balaban J connectivity index is 2.08. The minimum Gasteiger partial charge on any atom is -0.361 e. The van der Waals surface area contributed by atoms with Crippen molar-refractivity contribution in [1.29, 1.82) is 0 Å². The summed E-state index contributed by atoms with van der Waals surface area (Å²) in [7, 11) is 0. The van der Waals surface area contributed by atoms with Gasteiger partial charge in [0.2, 0.25) is 0 Å². The molecule has 3 rings (SSSR count). The van der Waals surface area contributed by atoms with Crippen molar-refractivity contribution in [3.05, 3.63) is 36.0 Å². The third-order valence-corrected chi connectivity index (χ3v) is 3.24. The first-order chi connectivity index (χ1) is 6.90. The van der Waals surface area contributed by atoms with E-state index in [1.54, 1.807) is 0 Å². The zero-order chi connectivity index (χ0) is 9.54. The molecule has 1 aliphatic rings. The van der Waals surface area contributed by atoms with Crippen LogP contribution in [0.4, 0.5) is 0 Å². The van der Waals surface area contributed by atoms with Crippen molar-refractivity contribution < 1.29 is 0 Å². The maximum Gasteiger partial charge on any atom is 0.0489 e. The molecule has 14 heavy (non-hydrogen) atoms. The number of benzene rings is 1. The van der Waals surface area contributed by atoms with E-state index in [2.05, 4.69) is 29.2 Å². The molecule has 1 aromatic carbocycles. The molecule has 2 heteroatoms. The lowest BCUT2D eigenvalue weighted by atomic mass is 10.1. The molecule has 2 aromatic rings. The Morgan fingerprint density at radius 3 is 3.07 bits per heavy atom. The van der Waals surface area contributed by atoms with Gasteiger partial charge < -0.3 is 10.7 Å². The highest BCUT2D eigenvalue weighted by atomic mass is 14.7. The summed E-state index contributed by atoms with van der Waals surface area (Å²) >= 11 is 0. The van der Waals surface area contributed by atoms with Gasteiger partial charge in [-0.25, -0.2) is 0 Å². The highest BCUT2D eigenvalue weighted by Crippen LogP contribution is 2.48. The Kier molecular flexibility index (Phi) is 1.64. The fraction of sp³-hybridized carbons (Fsp3) is 0.333. The van der Waals surface area contributed by atoms with Crippen LogP contribution in [-0.2, 0) is 0 Å². The maximum absolute atomic E-state index is 5.67. The Morgan fingerprint density at radius 1 is 1.36 bits per heavy atom. The summed E-state index contributed by atoms with van der Waals surface area (Å²) in [4.78, 5) is 3.31. The number of hydrogen-bond donors (Lipinski definition) is 2. The predicted octanol–water partition coefficient (Wildman–Crippen LogP) is 2.23. The molecule has 2 unspecified atom stereocenters. The zero-order valence-corrected chi connectivity index (χ0v) is 8.03.